The average molecular weight is 367 g/mol. The summed E-state index contributed by atoms with van der Waals surface area (Å²) < 4.78 is 5.39. The monoisotopic (exact) mass is 366 g/mol. The van der Waals surface area contributed by atoms with Gasteiger partial charge in [-0.2, -0.15) is 0 Å². The molecule has 0 saturated carbocycles. The van der Waals surface area contributed by atoms with Gasteiger partial charge >= 0.3 is 5.88 Å². The first-order chi connectivity index (χ1) is 11.0. The molecule has 0 atom stereocenters. The molecule has 0 spiro atoms. The molecule has 1 aromatic heterocycles. The van der Waals surface area contributed by atoms with Crippen LogP contribution in [-0.2, 0) is 4.79 Å². The fourth-order valence-electron chi connectivity index (χ4n) is 1.93. The number of halogens is 1. The summed E-state index contributed by atoms with van der Waals surface area (Å²) in [6.45, 7) is 0. The van der Waals surface area contributed by atoms with Crippen LogP contribution in [0.25, 0.3) is 6.08 Å². The summed E-state index contributed by atoms with van der Waals surface area (Å²) in [5.74, 6) is -0.487. The molecule has 3 rings (SSSR count). The number of anilines is 1. The highest BCUT2D eigenvalue weighted by Gasteiger charge is 2.33. The summed E-state index contributed by atoms with van der Waals surface area (Å²) in [6.07, 6.45) is 1.43. The van der Waals surface area contributed by atoms with E-state index in [-0.39, 0.29) is 17.6 Å². The van der Waals surface area contributed by atoms with Crippen molar-refractivity contribution in [2.75, 3.05) is 4.90 Å². The second-order valence-electron chi connectivity index (χ2n) is 4.43. The highest BCUT2D eigenvalue weighted by molar-refractivity contribution is 8.27. The van der Waals surface area contributed by atoms with Gasteiger partial charge in [-0.15, -0.1) is 0 Å². The number of nitrogens with zero attached hydrogens (tertiary/aromatic N) is 2. The second-order valence-corrected chi connectivity index (χ2v) is 6.54. The van der Waals surface area contributed by atoms with Crippen LogP contribution in [0.2, 0.25) is 5.02 Å². The zero-order chi connectivity index (χ0) is 16.6. The SMILES string of the molecule is O=C1/C(=C/c2ccc([N+](=O)[O-])o2)SC(=S)N1c1ccc(Cl)cc1. The third-order valence-electron chi connectivity index (χ3n) is 2.94. The van der Waals surface area contributed by atoms with Crippen LogP contribution in [0.3, 0.4) is 0 Å². The average Bonchev–Trinajstić information content (AvgIpc) is 3.07. The third kappa shape index (κ3) is 3.14. The van der Waals surface area contributed by atoms with Crippen molar-refractivity contribution in [1.82, 2.24) is 0 Å². The lowest BCUT2D eigenvalue weighted by Crippen LogP contribution is -2.27. The van der Waals surface area contributed by atoms with Gasteiger partial charge in [0.1, 0.15) is 10.7 Å². The number of carbonyl (C=O) groups is 1. The van der Waals surface area contributed by atoms with Gasteiger partial charge < -0.3 is 4.42 Å². The van der Waals surface area contributed by atoms with Crippen LogP contribution in [-0.4, -0.2) is 15.2 Å². The fraction of sp³-hybridized carbons (Fsp3) is 0. The number of thiocarbonyl (C=S) groups is 1. The molecule has 9 heteroatoms. The molecule has 1 aromatic carbocycles. The molecular weight excluding hydrogens is 360 g/mol. The largest absolute Gasteiger partial charge is 0.433 e. The molecule has 2 aromatic rings. The normalized spacial score (nSPS) is 16.4. The zero-order valence-corrected chi connectivity index (χ0v) is 13.7. The van der Waals surface area contributed by atoms with Crippen molar-refractivity contribution in [3.63, 3.8) is 0 Å². The standard InChI is InChI=1S/C14H7ClN2O4S2/c15-8-1-3-9(4-2-8)16-13(18)11(23-14(16)22)7-10-5-6-12(21-10)17(19)20/h1-7H/b11-7-. The number of benzene rings is 1. The number of nitro groups is 1. The first-order valence-electron chi connectivity index (χ1n) is 6.23. The van der Waals surface area contributed by atoms with Gasteiger partial charge in [0.25, 0.3) is 5.91 Å². The van der Waals surface area contributed by atoms with Gasteiger partial charge in [-0.3, -0.25) is 19.8 Å². The summed E-state index contributed by atoms with van der Waals surface area (Å²) >= 11 is 12.2. The minimum atomic E-state index is -0.643. The summed E-state index contributed by atoms with van der Waals surface area (Å²) in [7, 11) is 0. The van der Waals surface area contributed by atoms with Gasteiger partial charge in [0, 0.05) is 11.1 Å². The van der Waals surface area contributed by atoms with E-state index in [1.54, 1.807) is 24.3 Å². The van der Waals surface area contributed by atoms with Crippen molar-refractivity contribution >= 4 is 63.5 Å². The molecule has 6 nitrogen and oxygen atoms in total. The number of hydrogen-bond donors (Lipinski definition) is 0. The van der Waals surface area contributed by atoms with Crippen LogP contribution >= 0.6 is 35.6 Å². The number of furan rings is 1. The van der Waals surface area contributed by atoms with Crippen molar-refractivity contribution in [2.45, 2.75) is 0 Å². The summed E-state index contributed by atoms with van der Waals surface area (Å²) in [5, 5.41) is 11.2. The Morgan fingerprint density at radius 3 is 2.57 bits per heavy atom. The van der Waals surface area contributed by atoms with Crippen molar-refractivity contribution < 1.29 is 14.1 Å². The first kappa shape index (κ1) is 15.7. The molecule has 1 fully saturated rings. The Kier molecular flexibility index (Phi) is 4.20. The van der Waals surface area contributed by atoms with E-state index in [0.717, 1.165) is 11.8 Å². The number of amides is 1. The Bertz CT molecular complexity index is 845. The van der Waals surface area contributed by atoms with Crippen LogP contribution < -0.4 is 4.90 Å². The molecule has 1 saturated heterocycles. The highest BCUT2D eigenvalue weighted by atomic mass is 35.5. The Morgan fingerprint density at radius 2 is 1.96 bits per heavy atom. The van der Waals surface area contributed by atoms with Crippen molar-refractivity contribution in [3.8, 4) is 0 Å². The summed E-state index contributed by atoms with van der Waals surface area (Å²) in [4.78, 5) is 24.2. The van der Waals surface area contributed by atoms with E-state index < -0.39 is 4.92 Å². The molecule has 0 aliphatic carbocycles. The van der Waals surface area contributed by atoms with E-state index in [2.05, 4.69) is 0 Å². The molecule has 0 N–H and O–H groups in total. The summed E-state index contributed by atoms with van der Waals surface area (Å²) in [5.41, 5.74) is 0.603. The van der Waals surface area contributed by atoms with Crippen LogP contribution in [0.5, 0.6) is 0 Å². The Balaban J connectivity index is 1.89. The predicted octanol–water partition coefficient (Wildman–Crippen LogP) is 4.25. The number of hydrogen-bond acceptors (Lipinski definition) is 6. The summed E-state index contributed by atoms with van der Waals surface area (Å²) in [6, 6.07) is 9.35. The molecule has 2 heterocycles. The predicted molar refractivity (Wildman–Crippen MR) is 92.5 cm³/mol. The van der Waals surface area contributed by atoms with Crippen LogP contribution in [0.1, 0.15) is 5.76 Å². The van der Waals surface area contributed by atoms with Gasteiger partial charge in [-0.05, 0) is 30.3 Å². The number of thioether (sulfide) groups is 1. The molecule has 0 radical (unpaired) electrons. The van der Waals surface area contributed by atoms with Crippen molar-refractivity contribution in [3.05, 3.63) is 62.2 Å². The molecule has 0 bridgehead atoms. The van der Waals surface area contributed by atoms with E-state index in [4.69, 9.17) is 28.2 Å². The van der Waals surface area contributed by atoms with E-state index in [1.165, 1.54) is 23.1 Å². The molecule has 1 aliphatic heterocycles. The maximum absolute atomic E-state index is 12.5. The zero-order valence-electron chi connectivity index (χ0n) is 11.3. The van der Waals surface area contributed by atoms with Crippen LogP contribution in [0.15, 0.2) is 45.7 Å². The molecule has 23 heavy (non-hydrogen) atoms. The lowest BCUT2D eigenvalue weighted by Gasteiger charge is -2.14. The van der Waals surface area contributed by atoms with Gasteiger partial charge in [-0.1, -0.05) is 35.6 Å². The Morgan fingerprint density at radius 1 is 1.26 bits per heavy atom. The maximum atomic E-state index is 12.5. The quantitative estimate of drug-likeness (QED) is 0.350. The van der Waals surface area contributed by atoms with Crippen LogP contribution in [0.4, 0.5) is 11.6 Å². The highest BCUT2D eigenvalue weighted by Crippen LogP contribution is 2.36. The minimum absolute atomic E-state index is 0.216. The van der Waals surface area contributed by atoms with Crippen molar-refractivity contribution in [2.24, 2.45) is 0 Å². The maximum Gasteiger partial charge on any atom is 0.433 e. The van der Waals surface area contributed by atoms with E-state index in [0.29, 0.717) is 19.9 Å². The smallest absolute Gasteiger partial charge is 0.401 e. The van der Waals surface area contributed by atoms with E-state index in [1.807, 2.05) is 0 Å². The Hall–Kier alpha value is -2.16. The third-order valence-corrected chi connectivity index (χ3v) is 4.50. The van der Waals surface area contributed by atoms with Crippen molar-refractivity contribution in [1.29, 1.82) is 0 Å². The lowest BCUT2D eigenvalue weighted by atomic mass is 10.3. The van der Waals surface area contributed by atoms with Gasteiger partial charge in [0.2, 0.25) is 0 Å². The second kappa shape index (κ2) is 6.15. The van der Waals surface area contributed by atoms with Crippen LogP contribution in [0, 0.1) is 10.1 Å². The number of carbonyl (C=O) groups excluding carboxylic acids is 1. The molecular formula is C14H7ClN2O4S2. The lowest BCUT2D eigenvalue weighted by molar-refractivity contribution is -0.402. The minimum Gasteiger partial charge on any atom is -0.401 e. The van der Waals surface area contributed by atoms with Gasteiger partial charge in [-0.25, -0.2) is 0 Å². The topological polar surface area (TPSA) is 76.6 Å². The molecule has 0 unspecified atom stereocenters. The number of rotatable bonds is 3. The van der Waals surface area contributed by atoms with Gasteiger partial charge in [0.05, 0.1) is 16.7 Å². The molecule has 1 aliphatic rings. The van der Waals surface area contributed by atoms with Gasteiger partial charge in [0.15, 0.2) is 4.32 Å². The Labute approximate surface area is 144 Å². The molecule has 1 amide bonds. The van der Waals surface area contributed by atoms with E-state index >= 15 is 0 Å². The van der Waals surface area contributed by atoms with E-state index in [9.17, 15) is 14.9 Å². The fourth-order valence-corrected chi connectivity index (χ4v) is 3.33. The first-order valence-corrected chi connectivity index (χ1v) is 7.84. The molecule has 116 valence electrons.